The van der Waals surface area contributed by atoms with Gasteiger partial charge in [0.1, 0.15) is 10.7 Å². The van der Waals surface area contributed by atoms with E-state index in [1.807, 2.05) is 4.90 Å². The first-order valence-corrected chi connectivity index (χ1v) is 11.0. The van der Waals surface area contributed by atoms with E-state index in [4.69, 9.17) is 9.72 Å². The molecule has 152 valence electrons. The summed E-state index contributed by atoms with van der Waals surface area (Å²) >= 11 is 1.67. The van der Waals surface area contributed by atoms with Crippen molar-refractivity contribution in [3.05, 3.63) is 26.6 Å². The van der Waals surface area contributed by atoms with E-state index in [1.54, 1.807) is 11.3 Å². The number of carbonyl (C=O) groups is 1. The van der Waals surface area contributed by atoms with E-state index in [-0.39, 0.29) is 16.9 Å². The van der Waals surface area contributed by atoms with Crippen molar-refractivity contribution in [3.8, 4) is 0 Å². The van der Waals surface area contributed by atoms with Gasteiger partial charge in [-0.15, -0.1) is 11.3 Å². The molecule has 28 heavy (non-hydrogen) atoms. The van der Waals surface area contributed by atoms with Crippen LogP contribution in [-0.2, 0) is 28.8 Å². The molecule has 1 N–H and O–H groups in total. The Balaban J connectivity index is 1.53. The van der Waals surface area contributed by atoms with Crippen molar-refractivity contribution in [3.63, 3.8) is 0 Å². The number of amides is 1. The lowest BCUT2D eigenvalue weighted by molar-refractivity contribution is -0.135. The van der Waals surface area contributed by atoms with Gasteiger partial charge in [-0.2, -0.15) is 0 Å². The number of fused-ring (bicyclic) bond motifs is 3. The summed E-state index contributed by atoms with van der Waals surface area (Å²) in [6.45, 7) is 9.38. The minimum atomic E-state index is -0.0504. The van der Waals surface area contributed by atoms with Gasteiger partial charge in [0, 0.05) is 30.8 Å². The molecule has 0 bridgehead atoms. The van der Waals surface area contributed by atoms with Crippen LogP contribution >= 0.6 is 11.3 Å². The van der Waals surface area contributed by atoms with Gasteiger partial charge in [-0.1, -0.05) is 20.8 Å². The largest absolute Gasteiger partial charge is 0.378 e. The number of nitrogens with one attached hydrogen (secondary N) is 1. The summed E-state index contributed by atoms with van der Waals surface area (Å²) in [7, 11) is 0. The van der Waals surface area contributed by atoms with E-state index in [1.165, 1.54) is 10.4 Å². The van der Waals surface area contributed by atoms with Crippen LogP contribution in [0.25, 0.3) is 10.2 Å². The van der Waals surface area contributed by atoms with Gasteiger partial charge >= 0.3 is 0 Å². The normalized spacial score (nSPS) is 20.4. The van der Waals surface area contributed by atoms with Crippen LogP contribution in [0.15, 0.2) is 4.79 Å². The number of H-pyrrole nitrogens is 1. The first-order chi connectivity index (χ1) is 13.3. The Morgan fingerprint density at radius 3 is 2.79 bits per heavy atom. The predicted octanol–water partition coefficient (Wildman–Crippen LogP) is 2.93. The number of hydrogen-bond donors (Lipinski definition) is 1. The van der Waals surface area contributed by atoms with E-state index in [0.717, 1.165) is 29.5 Å². The summed E-state index contributed by atoms with van der Waals surface area (Å²) in [4.78, 5) is 36.7. The van der Waals surface area contributed by atoms with Gasteiger partial charge in [0.2, 0.25) is 5.91 Å². The molecule has 2 aromatic rings. The molecule has 4 rings (SSSR count). The molecule has 2 aliphatic rings. The molecule has 1 aliphatic heterocycles. The number of aromatic amines is 1. The SMILES string of the molecule is CC(C)(C)[C@H]1CCc2c(sc3nc(CCC(=O)N4CCOCC4)[nH]c(=O)c23)C1. The molecule has 1 atom stereocenters. The van der Waals surface area contributed by atoms with Crippen LogP contribution < -0.4 is 5.56 Å². The highest BCUT2D eigenvalue weighted by molar-refractivity contribution is 7.18. The van der Waals surface area contributed by atoms with Crippen molar-refractivity contribution in [2.24, 2.45) is 11.3 Å². The second kappa shape index (κ2) is 7.59. The molecule has 6 nitrogen and oxygen atoms in total. The molecule has 0 radical (unpaired) electrons. The minimum absolute atomic E-state index is 0.0504. The minimum Gasteiger partial charge on any atom is -0.378 e. The van der Waals surface area contributed by atoms with E-state index in [2.05, 4.69) is 25.8 Å². The van der Waals surface area contributed by atoms with Crippen LogP contribution in [0.3, 0.4) is 0 Å². The van der Waals surface area contributed by atoms with E-state index in [0.29, 0.717) is 50.9 Å². The Morgan fingerprint density at radius 2 is 2.07 bits per heavy atom. The zero-order valence-corrected chi connectivity index (χ0v) is 17.8. The number of hydrogen-bond acceptors (Lipinski definition) is 5. The Morgan fingerprint density at radius 1 is 1.32 bits per heavy atom. The van der Waals surface area contributed by atoms with Gasteiger partial charge < -0.3 is 14.6 Å². The summed E-state index contributed by atoms with van der Waals surface area (Å²) in [5.41, 5.74) is 1.43. The molecule has 3 heterocycles. The summed E-state index contributed by atoms with van der Waals surface area (Å²) in [6.07, 6.45) is 3.94. The molecule has 0 saturated carbocycles. The fourth-order valence-corrected chi connectivity index (χ4v) is 5.60. The van der Waals surface area contributed by atoms with Crippen molar-refractivity contribution in [2.45, 2.75) is 52.9 Å². The predicted molar refractivity (Wildman–Crippen MR) is 111 cm³/mol. The first kappa shape index (κ1) is 19.6. The van der Waals surface area contributed by atoms with Crippen LogP contribution in [0.5, 0.6) is 0 Å². The molecule has 7 heteroatoms. The Hall–Kier alpha value is -1.73. The maximum absolute atomic E-state index is 12.8. The standard InChI is InChI=1S/C21H29N3O3S/c1-21(2,3)13-4-5-14-15(12-13)28-20-18(14)19(26)22-16(23-20)6-7-17(25)24-8-10-27-11-9-24/h13H,4-12H2,1-3H3,(H,22,23,26)/t13-/m0/s1. The fraction of sp³-hybridized carbons (Fsp3) is 0.667. The van der Waals surface area contributed by atoms with Gasteiger partial charge in [-0.25, -0.2) is 4.98 Å². The highest BCUT2D eigenvalue weighted by atomic mass is 32.1. The maximum Gasteiger partial charge on any atom is 0.259 e. The Kier molecular flexibility index (Phi) is 5.31. The maximum atomic E-state index is 12.8. The van der Waals surface area contributed by atoms with Crippen LogP contribution in [0.4, 0.5) is 0 Å². The van der Waals surface area contributed by atoms with Crippen molar-refractivity contribution < 1.29 is 9.53 Å². The molecule has 1 amide bonds. The second-order valence-corrected chi connectivity index (χ2v) is 10.1. The lowest BCUT2D eigenvalue weighted by Gasteiger charge is -2.33. The average molecular weight is 404 g/mol. The van der Waals surface area contributed by atoms with Gasteiger partial charge in [0.25, 0.3) is 5.56 Å². The van der Waals surface area contributed by atoms with Gasteiger partial charge in [0.15, 0.2) is 0 Å². The lowest BCUT2D eigenvalue weighted by atomic mass is 9.72. The van der Waals surface area contributed by atoms with E-state index >= 15 is 0 Å². The van der Waals surface area contributed by atoms with Gasteiger partial charge in [0.05, 0.1) is 18.6 Å². The summed E-state index contributed by atoms with van der Waals surface area (Å²) in [5, 5.41) is 0.774. The number of ether oxygens (including phenoxy) is 1. The highest BCUT2D eigenvalue weighted by Crippen LogP contribution is 2.41. The Labute approximate surface area is 169 Å². The van der Waals surface area contributed by atoms with Crippen LogP contribution in [0.1, 0.15) is 49.9 Å². The summed E-state index contributed by atoms with van der Waals surface area (Å²) in [5.74, 6) is 1.35. The third-order valence-electron chi connectivity index (χ3n) is 6.13. The molecular formula is C21H29N3O3S. The molecule has 1 saturated heterocycles. The van der Waals surface area contributed by atoms with Gasteiger partial charge in [-0.05, 0) is 36.2 Å². The smallest absolute Gasteiger partial charge is 0.259 e. The van der Waals surface area contributed by atoms with Crippen LogP contribution in [-0.4, -0.2) is 47.1 Å². The quantitative estimate of drug-likeness (QED) is 0.855. The number of thiophene rings is 1. The highest BCUT2D eigenvalue weighted by Gasteiger charge is 2.31. The molecule has 0 unspecified atom stereocenters. The fourth-order valence-electron chi connectivity index (χ4n) is 4.28. The molecular weight excluding hydrogens is 374 g/mol. The molecule has 1 aliphatic carbocycles. The number of carbonyl (C=O) groups excluding carboxylic acids is 1. The zero-order valence-electron chi connectivity index (χ0n) is 17.0. The number of nitrogens with zero attached hydrogens (tertiary/aromatic N) is 2. The number of aryl methyl sites for hydroxylation is 2. The molecule has 1 fully saturated rings. The van der Waals surface area contributed by atoms with Crippen LogP contribution in [0.2, 0.25) is 0 Å². The van der Waals surface area contributed by atoms with E-state index < -0.39 is 0 Å². The monoisotopic (exact) mass is 403 g/mol. The summed E-state index contributed by atoms with van der Waals surface area (Å²) < 4.78 is 5.29. The molecule has 0 spiro atoms. The second-order valence-electron chi connectivity index (χ2n) is 9.00. The third-order valence-corrected chi connectivity index (χ3v) is 7.28. The number of aromatic nitrogens is 2. The lowest BCUT2D eigenvalue weighted by Crippen LogP contribution is -2.40. The van der Waals surface area contributed by atoms with Crippen molar-refractivity contribution in [2.75, 3.05) is 26.3 Å². The van der Waals surface area contributed by atoms with Crippen molar-refractivity contribution in [1.82, 2.24) is 14.9 Å². The van der Waals surface area contributed by atoms with E-state index in [9.17, 15) is 9.59 Å². The molecule has 2 aromatic heterocycles. The third kappa shape index (κ3) is 3.87. The van der Waals surface area contributed by atoms with Crippen molar-refractivity contribution >= 4 is 27.5 Å². The summed E-state index contributed by atoms with van der Waals surface area (Å²) in [6, 6.07) is 0. The zero-order chi connectivity index (χ0) is 19.9. The topological polar surface area (TPSA) is 75.3 Å². The number of morpholine rings is 1. The van der Waals surface area contributed by atoms with Crippen LogP contribution in [0, 0.1) is 11.3 Å². The van der Waals surface area contributed by atoms with Gasteiger partial charge in [-0.3, -0.25) is 9.59 Å². The average Bonchev–Trinajstić information content (AvgIpc) is 3.04. The first-order valence-electron chi connectivity index (χ1n) is 10.2. The molecule has 0 aromatic carbocycles. The number of rotatable bonds is 3. The van der Waals surface area contributed by atoms with Crippen molar-refractivity contribution in [1.29, 1.82) is 0 Å². The Bertz CT molecular complexity index is 935.